The zero-order valence-electron chi connectivity index (χ0n) is 12.1. The van der Waals surface area contributed by atoms with E-state index in [9.17, 15) is 9.59 Å². The van der Waals surface area contributed by atoms with Gasteiger partial charge in [0.15, 0.2) is 0 Å². The number of carboxylic acids is 1. The molecule has 0 spiro atoms. The van der Waals surface area contributed by atoms with Gasteiger partial charge in [0.2, 0.25) is 0 Å². The van der Waals surface area contributed by atoms with Crippen LogP contribution in [0.2, 0.25) is 0 Å². The minimum absolute atomic E-state index is 0.0394. The number of unbranched alkanes of at least 4 members (excludes halogenated alkanes) is 2. The van der Waals surface area contributed by atoms with Crippen molar-refractivity contribution in [2.24, 2.45) is 0 Å². The van der Waals surface area contributed by atoms with E-state index in [1.54, 1.807) is 12.1 Å². The van der Waals surface area contributed by atoms with E-state index >= 15 is 0 Å². The van der Waals surface area contributed by atoms with Crippen LogP contribution in [0.25, 0.3) is 0 Å². The van der Waals surface area contributed by atoms with Gasteiger partial charge in [-0.05, 0) is 24.0 Å². The molecule has 0 aliphatic carbocycles. The van der Waals surface area contributed by atoms with Crippen molar-refractivity contribution in [2.45, 2.75) is 44.9 Å². The first-order valence-electron chi connectivity index (χ1n) is 6.99. The maximum Gasteiger partial charge on any atom is 0.338 e. The maximum atomic E-state index is 11.8. The van der Waals surface area contributed by atoms with Gasteiger partial charge in [-0.25, -0.2) is 4.79 Å². The lowest BCUT2D eigenvalue weighted by atomic mass is 9.87. The molecule has 0 aliphatic rings. The molecule has 0 bridgehead atoms. The summed E-state index contributed by atoms with van der Waals surface area (Å²) in [5.74, 6) is -1.40. The summed E-state index contributed by atoms with van der Waals surface area (Å²) >= 11 is 0. The van der Waals surface area contributed by atoms with Crippen LogP contribution in [-0.4, -0.2) is 24.2 Å². The fourth-order valence-corrected chi connectivity index (χ4v) is 2.37. The summed E-state index contributed by atoms with van der Waals surface area (Å²) in [7, 11) is 1.34. The topological polar surface area (TPSA) is 63.6 Å². The molecule has 1 rings (SSSR count). The number of benzene rings is 1. The Bertz CT molecular complexity index is 454. The maximum absolute atomic E-state index is 11.8. The Balaban J connectivity index is 2.99. The van der Waals surface area contributed by atoms with Gasteiger partial charge in [-0.15, -0.1) is 0 Å². The second-order valence-electron chi connectivity index (χ2n) is 4.87. The molecular formula is C16H22O4. The molecule has 110 valence electrons. The molecule has 1 unspecified atom stereocenters. The molecule has 0 aromatic heterocycles. The van der Waals surface area contributed by atoms with Crippen molar-refractivity contribution in [1.82, 2.24) is 0 Å². The smallest absolute Gasteiger partial charge is 0.338 e. The van der Waals surface area contributed by atoms with Crippen LogP contribution < -0.4 is 0 Å². The molecule has 0 fully saturated rings. The molecule has 0 heterocycles. The van der Waals surface area contributed by atoms with Crippen LogP contribution in [0.1, 0.15) is 60.9 Å². The molecule has 1 aromatic carbocycles. The highest BCUT2D eigenvalue weighted by Crippen LogP contribution is 2.29. The SMILES string of the molecule is CCCCCC(CC(=O)O)c1ccccc1C(=O)OC. The van der Waals surface area contributed by atoms with Gasteiger partial charge in [-0.3, -0.25) is 4.79 Å². The van der Waals surface area contributed by atoms with E-state index in [0.717, 1.165) is 31.2 Å². The molecule has 0 amide bonds. The third-order valence-electron chi connectivity index (χ3n) is 3.38. The number of hydrogen-bond acceptors (Lipinski definition) is 3. The van der Waals surface area contributed by atoms with Gasteiger partial charge >= 0.3 is 11.9 Å². The quantitative estimate of drug-likeness (QED) is 0.583. The largest absolute Gasteiger partial charge is 0.481 e. The van der Waals surface area contributed by atoms with E-state index in [1.807, 2.05) is 12.1 Å². The molecule has 0 aliphatic heterocycles. The molecule has 1 atom stereocenters. The Morgan fingerprint density at radius 3 is 2.55 bits per heavy atom. The summed E-state index contributed by atoms with van der Waals surface area (Å²) in [6.07, 6.45) is 3.92. The van der Waals surface area contributed by atoms with Crippen molar-refractivity contribution in [3.05, 3.63) is 35.4 Å². The Kier molecular flexibility index (Phi) is 6.77. The van der Waals surface area contributed by atoms with Gasteiger partial charge in [-0.1, -0.05) is 44.4 Å². The van der Waals surface area contributed by atoms with Crippen LogP contribution in [0.4, 0.5) is 0 Å². The van der Waals surface area contributed by atoms with E-state index < -0.39 is 11.9 Å². The number of carbonyl (C=O) groups is 2. The van der Waals surface area contributed by atoms with E-state index in [1.165, 1.54) is 7.11 Å². The lowest BCUT2D eigenvalue weighted by Crippen LogP contribution is -2.12. The minimum Gasteiger partial charge on any atom is -0.481 e. The van der Waals surface area contributed by atoms with Crippen molar-refractivity contribution < 1.29 is 19.4 Å². The molecule has 1 N–H and O–H groups in total. The molecule has 1 aromatic rings. The fourth-order valence-electron chi connectivity index (χ4n) is 2.37. The average molecular weight is 278 g/mol. The van der Waals surface area contributed by atoms with Crippen molar-refractivity contribution in [3.63, 3.8) is 0 Å². The zero-order chi connectivity index (χ0) is 15.0. The van der Waals surface area contributed by atoms with Gasteiger partial charge in [0.1, 0.15) is 0 Å². The highest BCUT2D eigenvalue weighted by atomic mass is 16.5. The molecule has 4 heteroatoms. The number of rotatable bonds is 8. The lowest BCUT2D eigenvalue weighted by Gasteiger charge is -2.18. The monoisotopic (exact) mass is 278 g/mol. The van der Waals surface area contributed by atoms with Crippen molar-refractivity contribution in [2.75, 3.05) is 7.11 Å². The summed E-state index contributed by atoms with van der Waals surface area (Å²) in [6, 6.07) is 7.11. The average Bonchev–Trinajstić information content (AvgIpc) is 2.45. The Labute approximate surface area is 119 Å². The van der Waals surface area contributed by atoms with Crippen LogP contribution in [0.3, 0.4) is 0 Å². The first-order chi connectivity index (χ1) is 9.60. The molecular weight excluding hydrogens is 256 g/mol. The Morgan fingerprint density at radius 1 is 1.25 bits per heavy atom. The Hall–Kier alpha value is -1.84. The predicted octanol–water partition coefficient (Wildman–Crippen LogP) is 3.61. The van der Waals surface area contributed by atoms with Crippen LogP contribution in [0.5, 0.6) is 0 Å². The number of aliphatic carboxylic acids is 1. The van der Waals surface area contributed by atoms with Crippen LogP contribution >= 0.6 is 0 Å². The summed E-state index contributed by atoms with van der Waals surface area (Å²) < 4.78 is 4.77. The first kappa shape index (κ1) is 16.2. The highest BCUT2D eigenvalue weighted by Gasteiger charge is 2.21. The normalized spacial score (nSPS) is 11.9. The van der Waals surface area contributed by atoms with Crippen LogP contribution in [-0.2, 0) is 9.53 Å². The van der Waals surface area contributed by atoms with Crippen molar-refractivity contribution in [3.8, 4) is 0 Å². The number of hydrogen-bond donors (Lipinski definition) is 1. The second-order valence-corrected chi connectivity index (χ2v) is 4.87. The van der Waals surface area contributed by atoms with E-state index in [4.69, 9.17) is 9.84 Å². The molecule has 20 heavy (non-hydrogen) atoms. The van der Waals surface area contributed by atoms with Gasteiger partial charge < -0.3 is 9.84 Å². The Morgan fingerprint density at radius 2 is 1.95 bits per heavy atom. The number of carboxylic acid groups (broad SMARTS) is 1. The summed E-state index contributed by atoms with van der Waals surface area (Å²) in [5.41, 5.74) is 1.25. The van der Waals surface area contributed by atoms with Gasteiger partial charge in [0, 0.05) is 0 Å². The number of ether oxygens (including phenoxy) is 1. The second kappa shape index (κ2) is 8.35. The fraction of sp³-hybridized carbons (Fsp3) is 0.500. The number of esters is 1. The van der Waals surface area contributed by atoms with E-state index in [-0.39, 0.29) is 12.3 Å². The third kappa shape index (κ3) is 4.68. The van der Waals surface area contributed by atoms with Crippen LogP contribution in [0, 0.1) is 0 Å². The van der Waals surface area contributed by atoms with E-state index in [0.29, 0.717) is 5.56 Å². The standard InChI is InChI=1S/C16H22O4/c1-3-4-5-8-12(11-15(17)18)13-9-6-7-10-14(13)16(19)20-2/h6-7,9-10,12H,3-5,8,11H2,1-2H3,(H,17,18). The minimum atomic E-state index is -0.842. The molecule has 0 radical (unpaired) electrons. The van der Waals surface area contributed by atoms with Crippen molar-refractivity contribution >= 4 is 11.9 Å². The highest BCUT2D eigenvalue weighted by molar-refractivity contribution is 5.91. The first-order valence-corrected chi connectivity index (χ1v) is 6.99. The van der Waals surface area contributed by atoms with E-state index in [2.05, 4.69) is 6.92 Å². The molecule has 0 saturated carbocycles. The van der Waals surface area contributed by atoms with Crippen LogP contribution in [0.15, 0.2) is 24.3 Å². The molecule has 0 saturated heterocycles. The van der Waals surface area contributed by atoms with Gasteiger partial charge in [0.25, 0.3) is 0 Å². The van der Waals surface area contributed by atoms with Gasteiger partial charge in [-0.2, -0.15) is 0 Å². The zero-order valence-corrected chi connectivity index (χ0v) is 12.1. The predicted molar refractivity (Wildman–Crippen MR) is 76.9 cm³/mol. The number of methoxy groups -OCH3 is 1. The summed E-state index contributed by atoms with van der Waals surface area (Å²) in [5, 5.41) is 9.07. The lowest BCUT2D eigenvalue weighted by molar-refractivity contribution is -0.137. The number of carbonyl (C=O) groups excluding carboxylic acids is 1. The summed E-state index contributed by atoms with van der Waals surface area (Å²) in [6.45, 7) is 2.11. The van der Waals surface area contributed by atoms with Gasteiger partial charge in [0.05, 0.1) is 19.1 Å². The molecule has 4 nitrogen and oxygen atoms in total. The van der Waals surface area contributed by atoms with Crippen molar-refractivity contribution in [1.29, 1.82) is 0 Å². The third-order valence-corrected chi connectivity index (χ3v) is 3.38. The summed E-state index contributed by atoms with van der Waals surface area (Å²) in [4.78, 5) is 22.8.